The van der Waals surface area contributed by atoms with Crippen LogP contribution in [0.1, 0.15) is 37.4 Å². The van der Waals surface area contributed by atoms with E-state index in [1.807, 2.05) is 53.4 Å². The summed E-state index contributed by atoms with van der Waals surface area (Å²) in [5, 5.41) is 0. The molecule has 0 saturated carbocycles. The molecule has 0 spiro atoms. The molecule has 1 unspecified atom stereocenters. The van der Waals surface area contributed by atoms with Crippen LogP contribution in [0.5, 0.6) is 11.5 Å². The Hall–Kier alpha value is -3.02. The standard InChI is InChI=1S/C23H27N3O3/c1-28-18-10-12-19(13-11-18)29-15-5-9-22(27)26-14-4-6-17(16-26)23-24-20-7-2-3-8-21(20)25-23/h2-3,7-8,10-13,17H,4-6,9,14-16H2,1H3,(H,24,25). The molecule has 0 radical (unpaired) electrons. The van der Waals surface area contributed by atoms with E-state index >= 15 is 0 Å². The number of hydrogen-bond acceptors (Lipinski definition) is 4. The average Bonchev–Trinajstić information content (AvgIpc) is 3.21. The van der Waals surface area contributed by atoms with E-state index in [0.717, 1.165) is 54.3 Å². The predicted octanol–water partition coefficient (Wildman–Crippen LogP) is 4.14. The van der Waals surface area contributed by atoms with Crippen molar-refractivity contribution < 1.29 is 14.3 Å². The van der Waals surface area contributed by atoms with Crippen LogP contribution in [0.3, 0.4) is 0 Å². The van der Waals surface area contributed by atoms with Crippen LogP contribution in [0.4, 0.5) is 0 Å². The lowest BCUT2D eigenvalue weighted by molar-refractivity contribution is -0.132. The van der Waals surface area contributed by atoms with Gasteiger partial charge in [0, 0.05) is 25.4 Å². The minimum atomic E-state index is 0.198. The van der Waals surface area contributed by atoms with Gasteiger partial charge in [-0.3, -0.25) is 4.79 Å². The van der Waals surface area contributed by atoms with Gasteiger partial charge in [0.15, 0.2) is 0 Å². The molecule has 1 atom stereocenters. The van der Waals surface area contributed by atoms with Crippen molar-refractivity contribution in [3.8, 4) is 11.5 Å². The van der Waals surface area contributed by atoms with Gasteiger partial charge in [-0.25, -0.2) is 4.98 Å². The quantitative estimate of drug-likeness (QED) is 0.613. The number of aromatic nitrogens is 2. The molecule has 2 heterocycles. The number of aromatic amines is 1. The van der Waals surface area contributed by atoms with Gasteiger partial charge in [-0.1, -0.05) is 12.1 Å². The Bertz CT molecular complexity index is 918. The smallest absolute Gasteiger partial charge is 0.222 e. The molecule has 1 N–H and O–H groups in total. The zero-order valence-electron chi connectivity index (χ0n) is 16.8. The van der Waals surface area contributed by atoms with Gasteiger partial charge in [0.25, 0.3) is 0 Å². The molecule has 2 aromatic carbocycles. The van der Waals surface area contributed by atoms with Crippen LogP contribution in [-0.2, 0) is 4.79 Å². The van der Waals surface area contributed by atoms with Crippen molar-refractivity contribution in [1.29, 1.82) is 0 Å². The van der Waals surface area contributed by atoms with Crippen molar-refractivity contribution in [1.82, 2.24) is 14.9 Å². The molecule has 3 aromatic rings. The van der Waals surface area contributed by atoms with E-state index in [1.165, 1.54) is 0 Å². The summed E-state index contributed by atoms with van der Waals surface area (Å²) in [5.41, 5.74) is 2.04. The lowest BCUT2D eigenvalue weighted by Gasteiger charge is -2.32. The highest BCUT2D eigenvalue weighted by atomic mass is 16.5. The Morgan fingerprint density at radius 3 is 2.76 bits per heavy atom. The van der Waals surface area contributed by atoms with Crippen LogP contribution in [0.2, 0.25) is 0 Å². The molecule has 1 aromatic heterocycles. The van der Waals surface area contributed by atoms with Crippen molar-refractivity contribution in [2.24, 2.45) is 0 Å². The lowest BCUT2D eigenvalue weighted by atomic mass is 9.97. The lowest BCUT2D eigenvalue weighted by Crippen LogP contribution is -2.39. The first-order valence-corrected chi connectivity index (χ1v) is 10.2. The van der Waals surface area contributed by atoms with Crippen molar-refractivity contribution in [3.05, 3.63) is 54.4 Å². The zero-order valence-corrected chi connectivity index (χ0v) is 16.8. The molecular weight excluding hydrogens is 366 g/mol. The van der Waals surface area contributed by atoms with E-state index in [9.17, 15) is 4.79 Å². The van der Waals surface area contributed by atoms with Gasteiger partial charge < -0.3 is 19.4 Å². The monoisotopic (exact) mass is 393 g/mol. The minimum absolute atomic E-state index is 0.198. The third-order valence-electron chi connectivity index (χ3n) is 5.43. The molecule has 0 bridgehead atoms. The van der Waals surface area contributed by atoms with E-state index in [0.29, 0.717) is 19.4 Å². The maximum atomic E-state index is 12.7. The first-order chi connectivity index (χ1) is 14.2. The van der Waals surface area contributed by atoms with Gasteiger partial charge in [0.05, 0.1) is 24.8 Å². The summed E-state index contributed by atoms with van der Waals surface area (Å²) in [7, 11) is 1.64. The average molecular weight is 393 g/mol. The van der Waals surface area contributed by atoms with Crippen LogP contribution in [0, 0.1) is 0 Å². The number of imidazole rings is 1. The molecule has 152 valence electrons. The Labute approximate surface area is 170 Å². The number of rotatable bonds is 7. The van der Waals surface area contributed by atoms with Crippen LogP contribution >= 0.6 is 0 Å². The number of nitrogens with one attached hydrogen (secondary N) is 1. The fourth-order valence-electron chi connectivity index (χ4n) is 3.84. The van der Waals surface area contributed by atoms with E-state index in [-0.39, 0.29) is 11.8 Å². The van der Waals surface area contributed by atoms with Gasteiger partial charge in [-0.05, 0) is 55.7 Å². The number of carbonyl (C=O) groups excluding carboxylic acids is 1. The highest BCUT2D eigenvalue weighted by Gasteiger charge is 2.26. The highest BCUT2D eigenvalue weighted by Crippen LogP contribution is 2.27. The maximum absolute atomic E-state index is 12.7. The van der Waals surface area contributed by atoms with Crippen LogP contribution < -0.4 is 9.47 Å². The topological polar surface area (TPSA) is 67.5 Å². The fourth-order valence-corrected chi connectivity index (χ4v) is 3.84. The summed E-state index contributed by atoms with van der Waals surface area (Å²) < 4.78 is 10.9. The second-order valence-electron chi connectivity index (χ2n) is 7.45. The van der Waals surface area contributed by atoms with E-state index in [2.05, 4.69) is 4.98 Å². The maximum Gasteiger partial charge on any atom is 0.222 e. The van der Waals surface area contributed by atoms with E-state index in [4.69, 9.17) is 14.5 Å². The first kappa shape index (κ1) is 19.3. The Morgan fingerprint density at radius 1 is 1.17 bits per heavy atom. The molecule has 1 aliphatic rings. The second kappa shape index (κ2) is 8.99. The summed E-state index contributed by atoms with van der Waals surface area (Å²) in [5.74, 6) is 3.06. The number of likely N-dealkylation sites (tertiary alicyclic amines) is 1. The fraction of sp³-hybridized carbons (Fsp3) is 0.391. The Morgan fingerprint density at radius 2 is 1.97 bits per heavy atom. The van der Waals surface area contributed by atoms with E-state index in [1.54, 1.807) is 7.11 Å². The molecule has 6 heteroatoms. The van der Waals surface area contributed by atoms with Crippen molar-refractivity contribution in [3.63, 3.8) is 0 Å². The van der Waals surface area contributed by atoms with Gasteiger partial charge >= 0.3 is 0 Å². The molecule has 1 saturated heterocycles. The molecule has 6 nitrogen and oxygen atoms in total. The predicted molar refractivity (Wildman–Crippen MR) is 112 cm³/mol. The Kier molecular flexibility index (Phi) is 5.98. The normalized spacial score (nSPS) is 16.7. The number of fused-ring (bicyclic) bond motifs is 1. The van der Waals surface area contributed by atoms with Gasteiger partial charge in [0.2, 0.25) is 5.91 Å². The molecule has 4 rings (SSSR count). The largest absolute Gasteiger partial charge is 0.497 e. The number of ether oxygens (including phenoxy) is 2. The molecule has 1 amide bonds. The number of piperidine rings is 1. The van der Waals surface area contributed by atoms with Crippen molar-refractivity contribution in [2.75, 3.05) is 26.8 Å². The number of para-hydroxylation sites is 2. The number of carbonyl (C=O) groups is 1. The van der Waals surface area contributed by atoms with Gasteiger partial charge in [-0.15, -0.1) is 0 Å². The molecule has 1 fully saturated rings. The number of amides is 1. The summed E-state index contributed by atoms with van der Waals surface area (Å²) in [6.07, 6.45) is 3.28. The molecule has 0 aliphatic carbocycles. The number of hydrogen-bond donors (Lipinski definition) is 1. The highest BCUT2D eigenvalue weighted by molar-refractivity contribution is 5.77. The zero-order chi connectivity index (χ0) is 20.1. The minimum Gasteiger partial charge on any atom is -0.497 e. The second-order valence-corrected chi connectivity index (χ2v) is 7.45. The summed E-state index contributed by atoms with van der Waals surface area (Å²) in [6, 6.07) is 15.6. The molecular formula is C23H27N3O3. The van der Waals surface area contributed by atoms with Crippen molar-refractivity contribution >= 4 is 16.9 Å². The van der Waals surface area contributed by atoms with Crippen LogP contribution in [0.15, 0.2) is 48.5 Å². The number of benzene rings is 2. The van der Waals surface area contributed by atoms with Gasteiger partial charge in [0.1, 0.15) is 17.3 Å². The SMILES string of the molecule is COc1ccc(OCCCC(=O)N2CCCC(c3nc4ccccc4[nH]3)C2)cc1. The third-order valence-corrected chi connectivity index (χ3v) is 5.43. The number of nitrogens with zero attached hydrogens (tertiary/aromatic N) is 2. The number of methoxy groups -OCH3 is 1. The Balaban J connectivity index is 1.26. The summed E-state index contributed by atoms with van der Waals surface area (Å²) in [6.45, 7) is 2.09. The summed E-state index contributed by atoms with van der Waals surface area (Å²) in [4.78, 5) is 22.8. The summed E-state index contributed by atoms with van der Waals surface area (Å²) >= 11 is 0. The molecule has 29 heavy (non-hydrogen) atoms. The molecule has 1 aliphatic heterocycles. The third kappa shape index (κ3) is 4.70. The number of H-pyrrole nitrogens is 1. The van der Waals surface area contributed by atoms with E-state index < -0.39 is 0 Å². The first-order valence-electron chi connectivity index (χ1n) is 10.2. The van der Waals surface area contributed by atoms with Crippen molar-refractivity contribution in [2.45, 2.75) is 31.6 Å². The van der Waals surface area contributed by atoms with Crippen LogP contribution in [-0.4, -0.2) is 47.6 Å². The van der Waals surface area contributed by atoms with Gasteiger partial charge in [-0.2, -0.15) is 0 Å². The van der Waals surface area contributed by atoms with Crippen LogP contribution in [0.25, 0.3) is 11.0 Å².